The number of fused-ring (bicyclic) bond motifs is 1. The van der Waals surface area contributed by atoms with Gasteiger partial charge in [0.05, 0.1) is 24.1 Å². The summed E-state index contributed by atoms with van der Waals surface area (Å²) in [7, 11) is 1.62. The molecule has 0 saturated heterocycles. The van der Waals surface area contributed by atoms with Gasteiger partial charge in [0.1, 0.15) is 17.6 Å². The number of methoxy groups -OCH3 is 1. The topological polar surface area (TPSA) is 87.7 Å². The molecule has 0 spiro atoms. The van der Waals surface area contributed by atoms with Crippen LogP contribution in [-0.4, -0.2) is 36.9 Å². The standard InChI is InChI=1S/C17H14N6O2S/c1-25-13-6-4-5-12(9-13)22-10-18-20-17(22)26-11-23-16(24)14-7-2-3-8-15(14)19-21-23/h2-10H,11H2,1H3. The van der Waals surface area contributed by atoms with E-state index in [0.717, 1.165) is 11.4 Å². The van der Waals surface area contributed by atoms with Crippen LogP contribution in [0.25, 0.3) is 16.6 Å². The lowest BCUT2D eigenvalue weighted by Gasteiger charge is -2.08. The van der Waals surface area contributed by atoms with Gasteiger partial charge < -0.3 is 4.74 Å². The molecule has 4 aromatic rings. The van der Waals surface area contributed by atoms with Crippen molar-refractivity contribution in [3.63, 3.8) is 0 Å². The van der Waals surface area contributed by atoms with Crippen molar-refractivity contribution in [1.29, 1.82) is 0 Å². The molecule has 4 rings (SSSR count). The van der Waals surface area contributed by atoms with Crippen LogP contribution in [0.15, 0.2) is 64.8 Å². The fourth-order valence-corrected chi connectivity index (χ4v) is 3.29. The van der Waals surface area contributed by atoms with E-state index in [9.17, 15) is 4.79 Å². The molecular weight excluding hydrogens is 352 g/mol. The Labute approximate surface area is 152 Å². The zero-order valence-corrected chi connectivity index (χ0v) is 14.6. The van der Waals surface area contributed by atoms with Gasteiger partial charge in [0.2, 0.25) is 0 Å². The normalized spacial score (nSPS) is 11.0. The largest absolute Gasteiger partial charge is 0.497 e. The summed E-state index contributed by atoms with van der Waals surface area (Å²) in [5.74, 6) is 1.02. The number of aromatic nitrogens is 6. The molecule has 26 heavy (non-hydrogen) atoms. The summed E-state index contributed by atoms with van der Waals surface area (Å²) in [6.07, 6.45) is 1.62. The minimum Gasteiger partial charge on any atom is -0.497 e. The van der Waals surface area contributed by atoms with E-state index < -0.39 is 0 Å². The lowest BCUT2D eigenvalue weighted by atomic mass is 10.2. The van der Waals surface area contributed by atoms with Crippen LogP contribution in [0.3, 0.4) is 0 Å². The van der Waals surface area contributed by atoms with Crippen molar-refractivity contribution >= 4 is 22.7 Å². The van der Waals surface area contributed by atoms with Gasteiger partial charge in [-0.05, 0) is 24.3 Å². The van der Waals surface area contributed by atoms with E-state index in [1.807, 2.05) is 41.0 Å². The minimum absolute atomic E-state index is 0.185. The molecule has 2 aromatic carbocycles. The maximum Gasteiger partial charge on any atom is 0.278 e. The van der Waals surface area contributed by atoms with Gasteiger partial charge in [-0.25, -0.2) is 0 Å². The highest BCUT2D eigenvalue weighted by Gasteiger charge is 2.10. The molecule has 0 atom stereocenters. The van der Waals surface area contributed by atoms with E-state index in [4.69, 9.17) is 4.74 Å². The van der Waals surface area contributed by atoms with Crippen LogP contribution in [-0.2, 0) is 5.88 Å². The smallest absolute Gasteiger partial charge is 0.278 e. The number of thioether (sulfide) groups is 1. The second kappa shape index (κ2) is 6.96. The molecule has 0 unspecified atom stereocenters. The van der Waals surface area contributed by atoms with Gasteiger partial charge in [-0.1, -0.05) is 35.2 Å². The molecule has 8 nitrogen and oxygen atoms in total. The first kappa shape index (κ1) is 16.3. The number of benzene rings is 2. The summed E-state index contributed by atoms with van der Waals surface area (Å²) in [6.45, 7) is 0. The molecule has 0 aliphatic heterocycles. The van der Waals surface area contributed by atoms with Gasteiger partial charge in [0.15, 0.2) is 5.16 Å². The first-order valence-corrected chi connectivity index (χ1v) is 8.74. The first-order valence-electron chi connectivity index (χ1n) is 7.76. The highest BCUT2D eigenvalue weighted by Crippen LogP contribution is 2.23. The summed E-state index contributed by atoms with van der Waals surface area (Å²) < 4.78 is 8.40. The molecule has 9 heteroatoms. The molecule has 0 saturated carbocycles. The summed E-state index contributed by atoms with van der Waals surface area (Å²) in [4.78, 5) is 12.5. The van der Waals surface area contributed by atoms with E-state index >= 15 is 0 Å². The zero-order chi connectivity index (χ0) is 17.9. The van der Waals surface area contributed by atoms with E-state index in [0.29, 0.717) is 16.1 Å². The molecular formula is C17H14N6O2S. The number of rotatable bonds is 5. The first-order chi connectivity index (χ1) is 12.8. The number of ether oxygens (including phenoxy) is 1. The molecule has 0 aliphatic rings. The van der Waals surface area contributed by atoms with E-state index in [2.05, 4.69) is 20.5 Å². The van der Waals surface area contributed by atoms with Crippen molar-refractivity contribution in [2.24, 2.45) is 0 Å². The molecule has 0 fully saturated rings. The third-order valence-corrected chi connectivity index (χ3v) is 4.70. The minimum atomic E-state index is -0.185. The van der Waals surface area contributed by atoms with Crippen LogP contribution >= 0.6 is 11.8 Å². The SMILES string of the molecule is COc1cccc(-n2cnnc2SCn2nnc3ccccc3c2=O)c1. The lowest BCUT2D eigenvalue weighted by Crippen LogP contribution is -2.23. The van der Waals surface area contributed by atoms with Crippen LogP contribution in [0, 0.1) is 0 Å². The molecule has 0 radical (unpaired) electrons. The fourth-order valence-electron chi connectivity index (χ4n) is 2.49. The van der Waals surface area contributed by atoms with Crippen LogP contribution in [0.2, 0.25) is 0 Å². The summed E-state index contributed by atoms with van der Waals surface area (Å²) in [6, 6.07) is 14.7. The van der Waals surface area contributed by atoms with Crippen LogP contribution < -0.4 is 10.3 Å². The quantitative estimate of drug-likeness (QED) is 0.500. The molecule has 130 valence electrons. The molecule has 0 aliphatic carbocycles. The monoisotopic (exact) mass is 366 g/mol. The summed E-state index contributed by atoms with van der Waals surface area (Å²) >= 11 is 1.35. The van der Waals surface area contributed by atoms with Crippen molar-refractivity contribution < 1.29 is 4.74 Å². The Hall–Kier alpha value is -3.20. The molecule has 0 bridgehead atoms. The van der Waals surface area contributed by atoms with Crippen LogP contribution in [0.1, 0.15) is 0 Å². The summed E-state index contributed by atoms with van der Waals surface area (Å²) in [5, 5.41) is 17.3. The second-order valence-corrected chi connectivity index (χ2v) is 6.28. The van der Waals surface area contributed by atoms with Crippen LogP contribution in [0.5, 0.6) is 5.75 Å². The van der Waals surface area contributed by atoms with Crippen molar-refractivity contribution in [3.8, 4) is 11.4 Å². The number of nitrogens with zero attached hydrogens (tertiary/aromatic N) is 6. The molecule has 0 N–H and O–H groups in total. The Morgan fingerprint density at radius 3 is 2.88 bits per heavy atom. The van der Waals surface area contributed by atoms with Crippen molar-refractivity contribution in [2.75, 3.05) is 7.11 Å². The average Bonchev–Trinajstić information content (AvgIpc) is 3.16. The third kappa shape index (κ3) is 3.04. The van der Waals surface area contributed by atoms with Gasteiger partial charge in [-0.2, -0.15) is 4.68 Å². The molecule has 2 aromatic heterocycles. The van der Waals surface area contributed by atoms with Gasteiger partial charge in [-0.15, -0.1) is 15.3 Å². The average molecular weight is 366 g/mol. The van der Waals surface area contributed by atoms with E-state index in [1.54, 1.807) is 25.6 Å². The van der Waals surface area contributed by atoms with E-state index in [-0.39, 0.29) is 11.4 Å². The third-order valence-electron chi connectivity index (χ3n) is 3.79. The predicted octanol–water partition coefficient (Wildman–Crippen LogP) is 2.13. The summed E-state index contributed by atoms with van der Waals surface area (Å²) in [5.41, 5.74) is 1.27. The van der Waals surface area contributed by atoms with Crippen molar-refractivity contribution in [3.05, 3.63) is 65.2 Å². The predicted molar refractivity (Wildman–Crippen MR) is 97.6 cm³/mol. The Bertz CT molecular complexity index is 1120. The highest BCUT2D eigenvalue weighted by atomic mass is 32.2. The van der Waals surface area contributed by atoms with Gasteiger partial charge in [0, 0.05) is 6.07 Å². The van der Waals surface area contributed by atoms with Gasteiger partial charge >= 0.3 is 0 Å². The number of hydrogen-bond donors (Lipinski definition) is 0. The van der Waals surface area contributed by atoms with E-state index in [1.165, 1.54) is 16.4 Å². The van der Waals surface area contributed by atoms with Gasteiger partial charge in [0.25, 0.3) is 5.56 Å². The molecule has 2 heterocycles. The Morgan fingerprint density at radius 1 is 1.12 bits per heavy atom. The lowest BCUT2D eigenvalue weighted by molar-refractivity contribution is 0.414. The Balaban J connectivity index is 1.61. The molecule has 0 amide bonds. The fraction of sp³-hybridized carbons (Fsp3) is 0.118. The number of hydrogen-bond acceptors (Lipinski definition) is 7. The Morgan fingerprint density at radius 2 is 2.00 bits per heavy atom. The second-order valence-electron chi connectivity index (χ2n) is 5.37. The maximum absolute atomic E-state index is 12.5. The van der Waals surface area contributed by atoms with Crippen molar-refractivity contribution in [1.82, 2.24) is 29.8 Å². The van der Waals surface area contributed by atoms with Crippen LogP contribution in [0.4, 0.5) is 0 Å². The highest BCUT2D eigenvalue weighted by molar-refractivity contribution is 7.98. The maximum atomic E-state index is 12.5. The van der Waals surface area contributed by atoms with Gasteiger partial charge in [-0.3, -0.25) is 9.36 Å². The van der Waals surface area contributed by atoms with Crippen molar-refractivity contribution in [2.45, 2.75) is 11.0 Å². The zero-order valence-electron chi connectivity index (χ0n) is 13.8. The Kier molecular flexibility index (Phi) is 4.36.